The third-order valence-electron chi connectivity index (χ3n) is 2.86. The van der Waals surface area contributed by atoms with E-state index in [4.69, 9.17) is 0 Å². The second-order valence-electron chi connectivity index (χ2n) is 4.26. The molecule has 3 heteroatoms. The van der Waals surface area contributed by atoms with Crippen molar-refractivity contribution in [3.05, 3.63) is 0 Å². The second-order valence-corrected chi connectivity index (χ2v) is 4.26. The molecule has 1 saturated carbocycles. The van der Waals surface area contributed by atoms with Gasteiger partial charge in [-0.15, -0.1) is 11.8 Å². The van der Waals surface area contributed by atoms with Crippen LogP contribution in [0, 0.1) is 11.8 Å². The van der Waals surface area contributed by atoms with Crippen molar-refractivity contribution in [1.29, 1.82) is 0 Å². The summed E-state index contributed by atoms with van der Waals surface area (Å²) in [7, 11) is 0. The molecule has 1 aliphatic carbocycles. The first-order valence-electron chi connectivity index (χ1n) is 6.22. The first-order valence-corrected chi connectivity index (χ1v) is 6.22. The van der Waals surface area contributed by atoms with E-state index in [9.17, 15) is 4.79 Å². The van der Waals surface area contributed by atoms with Gasteiger partial charge in [-0.25, -0.2) is 0 Å². The molecule has 0 aromatic rings. The van der Waals surface area contributed by atoms with Gasteiger partial charge < -0.3 is 10.6 Å². The highest BCUT2D eigenvalue weighted by atomic mass is 16.1. The lowest BCUT2D eigenvalue weighted by Gasteiger charge is -2.22. The number of hydrogen-bond acceptors (Lipinski definition) is 2. The highest BCUT2D eigenvalue weighted by molar-refractivity contribution is 5.78. The van der Waals surface area contributed by atoms with E-state index in [0.717, 1.165) is 25.8 Å². The van der Waals surface area contributed by atoms with Crippen molar-refractivity contribution in [2.45, 2.75) is 51.5 Å². The van der Waals surface area contributed by atoms with Crippen LogP contribution in [0.25, 0.3) is 0 Å². The molecular formula is C13H22N2O. The van der Waals surface area contributed by atoms with E-state index in [1.165, 1.54) is 19.3 Å². The summed E-state index contributed by atoms with van der Waals surface area (Å²) in [5, 5.41) is 6.17. The van der Waals surface area contributed by atoms with Crippen LogP contribution in [0.4, 0.5) is 0 Å². The van der Waals surface area contributed by atoms with E-state index >= 15 is 0 Å². The minimum absolute atomic E-state index is 0.122. The zero-order valence-electron chi connectivity index (χ0n) is 10.1. The van der Waals surface area contributed by atoms with Gasteiger partial charge in [0.05, 0.1) is 6.54 Å². The Morgan fingerprint density at radius 3 is 2.75 bits per heavy atom. The van der Waals surface area contributed by atoms with Gasteiger partial charge in [0.2, 0.25) is 5.91 Å². The Hall–Kier alpha value is -1.01. The Bertz CT molecular complexity index is 259. The maximum absolute atomic E-state index is 11.5. The van der Waals surface area contributed by atoms with Gasteiger partial charge >= 0.3 is 0 Å². The van der Waals surface area contributed by atoms with Crippen LogP contribution in [0.2, 0.25) is 0 Å². The molecule has 0 aromatic carbocycles. The second kappa shape index (κ2) is 8.18. The number of amides is 1. The molecule has 1 aliphatic rings. The Morgan fingerprint density at radius 2 is 2.06 bits per heavy atom. The molecule has 0 aromatic heterocycles. The van der Waals surface area contributed by atoms with Crippen LogP contribution in [0.15, 0.2) is 0 Å². The fraction of sp³-hybridized carbons (Fsp3) is 0.769. The third-order valence-corrected chi connectivity index (χ3v) is 2.86. The van der Waals surface area contributed by atoms with Crippen LogP contribution in [-0.2, 0) is 4.79 Å². The first-order chi connectivity index (χ1) is 7.83. The normalized spacial score (nSPS) is 16.3. The number of carbonyl (C=O) groups is 1. The number of nitrogens with one attached hydrogen (secondary N) is 2. The Labute approximate surface area is 98.4 Å². The van der Waals surface area contributed by atoms with Gasteiger partial charge in [0, 0.05) is 19.0 Å². The average molecular weight is 222 g/mol. The first kappa shape index (κ1) is 13.1. The SMILES string of the molecule is CC#CCCNCC(=O)NC1CCCCC1. The van der Waals surface area contributed by atoms with Gasteiger partial charge in [0.25, 0.3) is 0 Å². The van der Waals surface area contributed by atoms with E-state index in [1.54, 1.807) is 0 Å². The van der Waals surface area contributed by atoms with Gasteiger partial charge in [-0.2, -0.15) is 0 Å². The molecule has 2 N–H and O–H groups in total. The van der Waals surface area contributed by atoms with Gasteiger partial charge in [-0.1, -0.05) is 19.3 Å². The van der Waals surface area contributed by atoms with Crippen LogP contribution >= 0.6 is 0 Å². The van der Waals surface area contributed by atoms with E-state index in [-0.39, 0.29) is 5.91 Å². The van der Waals surface area contributed by atoms with Gasteiger partial charge in [0.15, 0.2) is 0 Å². The maximum atomic E-state index is 11.5. The molecule has 90 valence electrons. The fourth-order valence-electron chi connectivity index (χ4n) is 2.00. The van der Waals surface area contributed by atoms with E-state index in [0.29, 0.717) is 12.6 Å². The molecule has 0 saturated heterocycles. The summed E-state index contributed by atoms with van der Waals surface area (Å²) < 4.78 is 0. The van der Waals surface area contributed by atoms with Crippen molar-refractivity contribution >= 4 is 5.91 Å². The monoisotopic (exact) mass is 222 g/mol. The molecule has 0 atom stereocenters. The van der Waals surface area contributed by atoms with Crippen molar-refractivity contribution in [2.24, 2.45) is 0 Å². The molecule has 0 unspecified atom stereocenters. The predicted molar refractivity (Wildman–Crippen MR) is 66.0 cm³/mol. The largest absolute Gasteiger partial charge is 0.352 e. The quantitative estimate of drug-likeness (QED) is 0.546. The van der Waals surface area contributed by atoms with Gasteiger partial charge in [-0.3, -0.25) is 4.79 Å². The van der Waals surface area contributed by atoms with Crippen molar-refractivity contribution in [3.63, 3.8) is 0 Å². The number of carbonyl (C=O) groups excluding carboxylic acids is 1. The van der Waals surface area contributed by atoms with Crippen LogP contribution in [-0.4, -0.2) is 25.0 Å². The van der Waals surface area contributed by atoms with Crippen molar-refractivity contribution in [3.8, 4) is 11.8 Å². The molecule has 1 amide bonds. The van der Waals surface area contributed by atoms with Crippen LogP contribution in [0.1, 0.15) is 45.4 Å². The average Bonchev–Trinajstić information content (AvgIpc) is 2.30. The van der Waals surface area contributed by atoms with Crippen LogP contribution < -0.4 is 10.6 Å². The Balaban J connectivity index is 2.02. The van der Waals surface area contributed by atoms with Crippen LogP contribution in [0.5, 0.6) is 0 Å². The topological polar surface area (TPSA) is 41.1 Å². The smallest absolute Gasteiger partial charge is 0.234 e. The highest BCUT2D eigenvalue weighted by Crippen LogP contribution is 2.16. The zero-order chi connectivity index (χ0) is 11.6. The molecule has 0 aliphatic heterocycles. The summed E-state index contributed by atoms with van der Waals surface area (Å²) in [6, 6.07) is 0.415. The summed E-state index contributed by atoms with van der Waals surface area (Å²) in [4.78, 5) is 11.5. The lowest BCUT2D eigenvalue weighted by molar-refractivity contribution is -0.121. The lowest BCUT2D eigenvalue weighted by Crippen LogP contribution is -2.41. The third kappa shape index (κ3) is 5.77. The van der Waals surface area contributed by atoms with Crippen molar-refractivity contribution in [1.82, 2.24) is 10.6 Å². The minimum Gasteiger partial charge on any atom is -0.352 e. The molecule has 1 rings (SSSR count). The predicted octanol–water partition coefficient (Wildman–Crippen LogP) is 1.44. The minimum atomic E-state index is 0.122. The summed E-state index contributed by atoms with van der Waals surface area (Å²) in [6.45, 7) is 3.04. The molecule has 16 heavy (non-hydrogen) atoms. The zero-order valence-corrected chi connectivity index (χ0v) is 10.1. The summed E-state index contributed by atoms with van der Waals surface area (Å²) in [5.41, 5.74) is 0. The molecule has 0 heterocycles. The number of hydrogen-bond donors (Lipinski definition) is 2. The van der Waals surface area contributed by atoms with E-state index < -0.39 is 0 Å². The molecule has 0 radical (unpaired) electrons. The summed E-state index contributed by atoms with van der Waals surface area (Å²) in [6.07, 6.45) is 6.93. The summed E-state index contributed by atoms with van der Waals surface area (Å²) >= 11 is 0. The fourth-order valence-corrected chi connectivity index (χ4v) is 2.00. The number of rotatable bonds is 5. The standard InChI is InChI=1S/C13H22N2O/c1-2-3-7-10-14-11-13(16)15-12-8-5-4-6-9-12/h12,14H,4-11H2,1H3,(H,15,16). The maximum Gasteiger partial charge on any atom is 0.234 e. The summed E-state index contributed by atoms with van der Waals surface area (Å²) in [5.74, 6) is 5.91. The molecule has 0 spiro atoms. The van der Waals surface area contributed by atoms with Crippen molar-refractivity contribution < 1.29 is 4.79 Å². The highest BCUT2D eigenvalue weighted by Gasteiger charge is 2.14. The Kier molecular flexibility index (Phi) is 6.67. The van der Waals surface area contributed by atoms with Crippen LogP contribution in [0.3, 0.4) is 0 Å². The molecule has 0 bridgehead atoms. The molecular weight excluding hydrogens is 200 g/mol. The molecule has 3 nitrogen and oxygen atoms in total. The van der Waals surface area contributed by atoms with Gasteiger partial charge in [0.1, 0.15) is 0 Å². The van der Waals surface area contributed by atoms with Gasteiger partial charge in [-0.05, 0) is 19.8 Å². The van der Waals surface area contributed by atoms with E-state index in [1.807, 2.05) is 6.92 Å². The Morgan fingerprint density at radius 1 is 1.31 bits per heavy atom. The van der Waals surface area contributed by atoms with E-state index in [2.05, 4.69) is 22.5 Å². The molecule has 1 fully saturated rings. The van der Waals surface area contributed by atoms with Crippen molar-refractivity contribution in [2.75, 3.05) is 13.1 Å². The lowest BCUT2D eigenvalue weighted by atomic mass is 9.95.